The Morgan fingerprint density at radius 3 is 2.35 bits per heavy atom. The van der Waals surface area contributed by atoms with Crippen LogP contribution in [0.3, 0.4) is 0 Å². The molecule has 2 aromatic carbocycles. The molecule has 138 valence electrons. The minimum Gasteiger partial charge on any atom is -0.322 e. The number of hydrogen-bond donors (Lipinski definition) is 1. The van der Waals surface area contributed by atoms with Gasteiger partial charge in [-0.2, -0.15) is 4.31 Å². The first-order valence-corrected chi connectivity index (χ1v) is 10.4. The summed E-state index contributed by atoms with van der Waals surface area (Å²) in [5, 5.41) is 3.34. The van der Waals surface area contributed by atoms with Gasteiger partial charge in [0.1, 0.15) is 0 Å². The van der Waals surface area contributed by atoms with E-state index in [4.69, 9.17) is 11.6 Å². The van der Waals surface area contributed by atoms with Crippen LogP contribution >= 0.6 is 11.6 Å². The number of halogens is 1. The minimum absolute atomic E-state index is 0.00151. The Kier molecular flexibility index (Phi) is 5.65. The number of hydrogen-bond acceptors (Lipinski definition) is 3. The van der Waals surface area contributed by atoms with Crippen LogP contribution in [-0.4, -0.2) is 31.2 Å². The molecule has 0 spiro atoms. The number of anilines is 1. The first-order valence-electron chi connectivity index (χ1n) is 8.57. The lowest BCUT2D eigenvalue weighted by Crippen LogP contribution is -2.41. The number of amides is 1. The molecule has 1 atom stereocenters. The van der Waals surface area contributed by atoms with Crippen molar-refractivity contribution in [3.63, 3.8) is 0 Å². The van der Waals surface area contributed by atoms with Crippen LogP contribution in [0.25, 0.3) is 0 Å². The highest BCUT2D eigenvalue weighted by molar-refractivity contribution is 7.89. The maximum atomic E-state index is 12.8. The van der Waals surface area contributed by atoms with E-state index in [2.05, 4.69) is 5.32 Å². The summed E-state index contributed by atoms with van der Waals surface area (Å²) in [6.07, 6.45) is 2.81. The predicted molar refractivity (Wildman–Crippen MR) is 103 cm³/mol. The molecule has 0 aliphatic carbocycles. The summed E-state index contributed by atoms with van der Waals surface area (Å²) in [4.78, 5) is 12.5. The molecule has 1 aliphatic rings. The van der Waals surface area contributed by atoms with Crippen LogP contribution in [0.15, 0.2) is 53.4 Å². The lowest BCUT2D eigenvalue weighted by Gasteiger charge is -2.32. The Bertz CT molecular complexity index is 880. The Labute approximate surface area is 159 Å². The summed E-state index contributed by atoms with van der Waals surface area (Å²) in [7, 11) is -3.53. The Morgan fingerprint density at radius 1 is 1.08 bits per heavy atom. The first kappa shape index (κ1) is 18.9. The van der Waals surface area contributed by atoms with E-state index in [1.54, 1.807) is 28.6 Å². The maximum Gasteiger partial charge on any atom is 0.255 e. The van der Waals surface area contributed by atoms with Gasteiger partial charge < -0.3 is 5.32 Å². The number of carbonyl (C=O) groups is 1. The van der Waals surface area contributed by atoms with Gasteiger partial charge in [0.25, 0.3) is 5.91 Å². The van der Waals surface area contributed by atoms with Gasteiger partial charge in [-0.25, -0.2) is 8.42 Å². The van der Waals surface area contributed by atoms with E-state index in [0.29, 0.717) is 22.8 Å². The van der Waals surface area contributed by atoms with Gasteiger partial charge in [0, 0.05) is 28.9 Å². The smallest absolute Gasteiger partial charge is 0.255 e. The number of rotatable bonds is 4. The van der Waals surface area contributed by atoms with E-state index in [0.717, 1.165) is 19.3 Å². The fourth-order valence-corrected chi connectivity index (χ4v) is 4.90. The van der Waals surface area contributed by atoms with Crippen molar-refractivity contribution >= 4 is 33.2 Å². The zero-order valence-corrected chi connectivity index (χ0v) is 16.1. The molecule has 1 fully saturated rings. The summed E-state index contributed by atoms with van der Waals surface area (Å²) < 4.78 is 27.2. The molecule has 3 rings (SSSR count). The molecule has 0 saturated carbocycles. The van der Waals surface area contributed by atoms with Gasteiger partial charge >= 0.3 is 0 Å². The molecular weight excluding hydrogens is 372 g/mol. The lowest BCUT2D eigenvalue weighted by molar-refractivity contribution is 0.102. The van der Waals surface area contributed by atoms with Crippen molar-refractivity contribution in [3.8, 4) is 0 Å². The number of nitrogens with zero attached hydrogens (tertiary/aromatic N) is 1. The Hall–Kier alpha value is -1.89. The summed E-state index contributed by atoms with van der Waals surface area (Å²) in [5.41, 5.74) is 1.02. The van der Waals surface area contributed by atoms with Crippen molar-refractivity contribution < 1.29 is 13.2 Å². The SMILES string of the molecule is C[C@@H]1CCCCN1S(=O)(=O)c1ccc(C(=O)Nc2ccc(Cl)cc2)cc1. The van der Waals surface area contributed by atoms with Crippen LogP contribution in [0.1, 0.15) is 36.5 Å². The number of carbonyl (C=O) groups excluding carboxylic acids is 1. The molecule has 26 heavy (non-hydrogen) atoms. The van der Waals surface area contributed by atoms with Gasteiger partial charge in [0.15, 0.2) is 0 Å². The van der Waals surface area contributed by atoms with Crippen molar-refractivity contribution in [1.82, 2.24) is 4.31 Å². The first-order chi connectivity index (χ1) is 12.4. The molecule has 1 amide bonds. The van der Waals surface area contributed by atoms with Crippen LogP contribution < -0.4 is 5.32 Å². The number of nitrogens with one attached hydrogen (secondary N) is 1. The quantitative estimate of drug-likeness (QED) is 0.849. The molecule has 2 aromatic rings. The van der Waals surface area contributed by atoms with Crippen LogP contribution in [-0.2, 0) is 10.0 Å². The fourth-order valence-electron chi connectivity index (χ4n) is 3.08. The van der Waals surface area contributed by atoms with Crippen molar-refractivity contribution in [3.05, 3.63) is 59.1 Å². The molecular formula is C19H21ClN2O3S. The van der Waals surface area contributed by atoms with Crippen molar-refractivity contribution in [2.24, 2.45) is 0 Å². The largest absolute Gasteiger partial charge is 0.322 e. The summed E-state index contributed by atoms with van der Waals surface area (Å²) in [6.45, 7) is 2.48. The lowest BCUT2D eigenvalue weighted by atomic mass is 10.1. The normalized spacial score (nSPS) is 18.5. The standard InChI is InChI=1S/C19H21ClN2O3S/c1-14-4-2-3-13-22(14)26(24,25)18-11-5-15(6-12-18)19(23)21-17-9-7-16(20)8-10-17/h5-12,14H,2-4,13H2,1H3,(H,21,23)/t14-/m1/s1. The van der Waals surface area contributed by atoms with E-state index >= 15 is 0 Å². The van der Waals surface area contributed by atoms with E-state index in [1.165, 1.54) is 24.3 Å². The second-order valence-electron chi connectivity index (χ2n) is 6.45. The maximum absolute atomic E-state index is 12.8. The zero-order chi connectivity index (χ0) is 18.7. The average molecular weight is 393 g/mol. The average Bonchev–Trinajstić information content (AvgIpc) is 2.64. The second kappa shape index (κ2) is 7.78. The second-order valence-corrected chi connectivity index (χ2v) is 8.77. The van der Waals surface area contributed by atoms with Gasteiger partial charge in [-0.05, 0) is 68.3 Å². The molecule has 1 aliphatic heterocycles. The van der Waals surface area contributed by atoms with E-state index in [1.807, 2.05) is 6.92 Å². The summed E-state index contributed by atoms with van der Waals surface area (Å²) in [6, 6.07) is 12.8. The third-order valence-electron chi connectivity index (χ3n) is 4.57. The molecule has 7 heteroatoms. The van der Waals surface area contributed by atoms with E-state index < -0.39 is 10.0 Å². The van der Waals surface area contributed by atoms with Gasteiger partial charge in [-0.1, -0.05) is 18.0 Å². The van der Waals surface area contributed by atoms with E-state index in [-0.39, 0.29) is 16.8 Å². The highest BCUT2D eigenvalue weighted by Crippen LogP contribution is 2.25. The van der Waals surface area contributed by atoms with Crippen LogP contribution in [0.2, 0.25) is 5.02 Å². The van der Waals surface area contributed by atoms with E-state index in [9.17, 15) is 13.2 Å². The number of benzene rings is 2. The monoisotopic (exact) mass is 392 g/mol. The zero-order valence-electron chi connectivity index (χ0n) is 14.5. The van der Waals surface area contributed by atoms with Gasteiger partial charge in [-0.3, -0.25) is 4.79 Å². The third-order valence-corrected chi connectivity index (χ3v) is 6.85. The topological polar surface area (TPSA) is 66.5 Å². The molecule has 1 N–H and O–H groups in total. The molecule has 1 saturated heterocycles. The van der Waals surface area contributed by atoms with Crippen molar-refractivity contribution in [2.45, 2.75) is 37.1 Å². The summed E-state index contributed by atoms with van der Waals surface area (Å²) in [5.74, 6) is -0.303. The van der Waals surface area contributed by atoms with Crippen LogP contribution in [0, 0.1) is 0 Å². The van der Waals surface area contributed by atoms with Gasteiger partial charge in [0.05, 0.1) is 4.90 Å². The number of piperidine rings is 1. The van der Waals surface area contributed by atoms with Crippen LogP contribution in [0.4, 0.5) is 5.69 Å². The fraction of sp³-hybridized carbons (Fsp3) is 0.316. The predicted octanol–water partition coefficient (Wildman–Crippen LogP) is 4.16. The third kappa shape index (κ3) is 4.09. The molecule has 0 bridgehead atoms. The molecule has 0 unspecified atom stereocenters. The highest BCUT2D eigenvalue weighted by Gasteiger charge is 2.30. The van der Waals surface area contributed by atoms with Crippen molar-refractivity contribution in [2.75, 3.05) is 11.9 Å². The van der Waals surface area contributed by atoms with Crippen LogP contribution in [0.5, 0.6) is 0 Å². The molecule has 0 radical (unpaired) electrons. The summed E-state index contributed by atoms with van der Waals surface area (Å²) >= 11 is 5.83. The van der Waals surface area contributed by atoms with Gasteiger partial charge in [-0.15, -0.1) is 0 Å². The number of sulfonamides is 1. The highest BCUT2D eigenvalue weighted by atomic mass is 35.5. The minimum atomic E-state index is -3.53. The Morgan fingerprint density at radius 2 is 1.73 bits per heavy atom. The molecule has 5 nitrogen and oxygen atoms in total. The molecule has 1 heterocycles. The Balaban J connectivity index is 1.75. The van der Waals surface area contributed by atoms with Crippen molar-refractivity contribution in [1.29, 1.82) is 0 Å². The molecule has 0 aromatic heterocycles. The van der Waals surface area contributed by atoms with Gasteiger partial charge in [0.2, 0.25) is 10.0 Å².